The maximum absolute atomic E-state index is 12.1. The Labute approximate surface area is 167 Å². The first-order valence-corrected chi connectivity index (χ1v) is 9.84. The smallest absolute Gasteiger partial charge is 0.308 e. The van der Waals surface area contributed by atoms with Crippen LogP contribution in [0.5, 0.6) is 0 Å². The zero-order valence-electron chi connectivity index (χ0n) is 15.9. The Bertz CT molecular complexity index is 858. The molecule has 6 nitrogen and oxygen atoms in total. The molecule has 0 spiro atoms. The first-order chi connectivity index (χ1) is 13.4. The van der Waals surface area contributed by atoms with Gasteiger partial charge in [-0.3, -0.25) is 19.2 Å². The minimum Gasteiger partial charge on any atom is -0.457 e. The highest BCUT2D eigenvalue weighted by molar-refractivity contribution is 7.12. The van der Waals surface area contributed by atoms with E-state index < -0.39 is 5.97 Å². The van der Waals surface area contributed by atoms with Gasteiger partial charge in [0.15, 0.2) is 18.2 Å². The van der Waals surface area contributed by atoms with Gasteiger partial charge in [0.1, 0.15) is 0 Å². The van der Waals surface area contributed by atoms with Crippen LogP contribution in [0.1, 0.15) is 50.4 Å². The van der Waals surface area contributed by atoms with Crippen LogP contribution in [0.15, 0.2) is 35.7 Å². The lowest BCUT2D eigenvalue weighted by Gasteiger charge is -2.07. The van der Waals surface area contributed by atoms with E-state index in [1.54, 1.807) is 24.3 Å². The molecule has 0 radical (unpaired) electrons. The molecule has 28 heavy (non-hydrogen) atoms. The third-order valence-corrected chi connectivity index (χ3v) is 5.13. The highest BCUT2D eigenvalue weighted by Gasteiger charge is 2.12. The van der Waals surface area contributed by atoms with Crippen LogP contribution < -0.4 is 5.32 Å². The maximum Gasteiger partial charge on any atom is 0.308 e. The molecule has 1 aromatic carbocycles. The monoisotopic (exact) mass is 401 g/mol. The van der Waals surface area contributed by atoms with Crippen LogP contribution in [0.3, 0.4) is 0 Å². The number of esters is 1. The van der Waals surface area contributed by atoms with Gasteiger partial charge in [-0.25, -0.2) is 0 Å². The van der Waals surface area contributed by atoms with Crippen molar-refractivity contribution < 1.29 is 23.9 Å². The SMILES string of the molecule is Cc1ccc(C(=O)COC(=O)CCNC(=O)CCC(=O)c2cccs2)cc1C. The van der Waals surface area contributed by atoms with Gasteiger partial charge in [-0.1, -0.05) is 18.2 Å². The maximum atomic E-state index is 12.1. The third-order valence-electron chi connectivity index (χ3n) is 4.22. The Morgan fingerprint density at radius 2 is 1.75 bits per heavy atom. The molecule has 0 fully saturated rings. The second-order valence-electron chi connectivity index (χ2n) is 6.38. The molecule has 0 saturated carbocycles. The number of nitrogens with one attached hydrogen (secondary N) is 1. The van der Waals surface area contributed by atoms with Crippen molar-refractivity contribution >= 4 is 34.8 Å². The minimum atomic E-state index is -0.563. The zero-order valence-corrected chi connectivity index (χ0v) is 16.8. The van der Waals surface area contributed by atoms with Crippen molar-refractivity contribution in [2.24, 2.45) is 0 Å². The number of rotatable bonds is 10. The van der Waals surface area contributed by atoms with Crippen LogP contribution in [0.25, 0.3) is 0 Å². The lowest BCUT2D eigenvalue weighted by Crippen LogP contribution is -2.27. The second-order valence-corrected chi connectivity index (χ2v) is 7.33. The predicted octanol–water partition coefficient (Wildman–Crippen LogP) is 3.26. The number of Topliss-reactive ketones (excluding diaryl/α,β-unsaturated/α-hetero) is 2. The summed E-state index contributed by atoms with van der Waals surface area (Å²) >= 11 is 1.34. The first kappa shape index (κ1) is 21.5. The number of amides is 1. The molecule has 148 valence electrons. The quantitative estimate of drug-likeness (QED) is 0.488. The van der Waals surface area contributed by atoms with Crippen molar-refractivity contribution in [3.8, 4) is 0 Å². The van der Waals surface area contributed by atoms with Gasteiger partial charge in [0.25, 0.3) is 0 Å². The average Bonchev–Trinajstić information content (AvgIpc) is 3.21. The fourth-order valence-electron chi connectivity index (χ4n) is 2.40. The summed E-state index contributed by atoms with van der Waals surface area (Å²) in [5.41, 5.74) is 2.58. The first-order valence-electron chi connectivity index (χ1n) is 8.96. The van der Waals surface area contributed by atoms with Gasteiger partial charge in [0, 0.05) is 24.9 Å². The van der Waals surface area contributed by atoms with Crippen LogP contribution in [-0.4, -0.2) is 36.6 Å². The van der Waals surface area contributed by atoms with E-state index in [1.807, 2.05) is 25.3 Å². The number of ketones is 2. The summed E-state index contributed by atoms with van der Waals surface area (Å²) in [6, 6.07) is 8.83. The van der Waals surface area contributed by atoms with E-state index in [9.17, 15) is 19.2 Å². The Morgan fingerprint density at radius 3 is 2.43 bits per heavy atom. The number of hydrogen-bond donors (Lipinski definition) is 1. The number of hydrogen-bond acceptors (Lipinski definition) is 6. The largest absolute Gasteiger partial charge is 0.457 e. The van der Waals surface area contributed by atoms with E-state index in [-0.39, 0.29) is 49.9 Å². The number of aryl methyl sites for hydroxylation is 2. The number of carbonyl (C=O) groups excluding carboxylic acids is 4. The predicted molar refractivity (Wildman–Crippen MR) is 107 cm³/mol. The van der Waals surface area contributed by atoms with Crippen molar-refractivity contribution in [2.45, 2.75) is 33.1 Å². The van der Waals surface area contributed by atoms with Gasteiger partial charge in [-0.2, -0.15) is 0 Å². The molecule has 0 saturated heterocycles. The van der Waals surface area contributed by atoms with Crippen molar-refractivity contribution in [2.75, 3.05) is 13.2 Å². The van der Waals surface area contributed by atoms with E-state index in [4.69, 9.17) is 4.74 Å². The van der Waals surface area contributed by atoms with Gasteiger partial charge in [0.2, 0.25) is 5.91 Å². The molecule has 1 aromatic heterocycles. The van der Waals surface area contributed by atoms with Crippen LogP contribution >= 0.6 is 11.3 Å². The van der Waals surface area contributed by atoms with E-state index in [0.29, 0.717) is 10.4 Å². The molecule has 0 atom stereocenters. The van der Waals surface area contributed by atoms with Crippen LogP contribution in [0.4, 0.5) is 0 Å². The fourth-order valence-corrected chi connectivity index (χ4v) is 3.09. The number of carbonyl (C=O) groups is 4. The molecule has 2 aromatic rings. The molecule has 1 N–H and O–H groups in total. The molecule has 0 aliphatic rings. The molecular formula is C21H23NO5S. The standard InChI is InChI=1S/C21H23NO5S/c1-14-5-6-16(12-15(14)2)18(24)13-27-21(26)9-10-22-20(25)8-7-17(23)19-4-3-11-28-19/h3-6,11-12H,7-10,13H2,1-2H3,(H,22,25). The van der Waals surface area contributed by atoms with Gasteiger partial charge in [-0.15, -0.1) is 11.3 Å². The highest BCUT2D eigenvalue weighted by Crippen LogP contribution is 2.12. The molecule has 1 amide bonds. The Balaban J connectivity index is 1.62. The zero-order chi connectivity index (χ0) is 20.5. The van der Waals surface area contributed by atoms with Crippen molar-refractivity contribution in [3.63, 3.8) is 0 Å². The fraction of sp³-hybridized carbons (Fsp3) is 0.333. The Hall–Kier alpha value is -2.80. The molecule has 0 aliphatic heterocycles. The average molecular weight is 401 g/mol. The molecule has 7 heteroatoms. The van der Waals surface area contributed by atoms with Crippen molar-refractivity contribution in [1.82, 2.24) is 5.32 Å². The van der Waals surface area contributed by atoms with E-state index >= 15 is 0 Å². The van der Waals surface area contributed by atoms with Gasteiger partial charge in [-0.05, 0) is 42.5 Å². The van der Waals surface area contributed by atoms with Crippen molar-refractivity contribution in [3.05, 3.63) is 57.3 Å². The second kappa shape index (κ2) is 10.5. The van der Waals surface area contributed by atoms with Crippen LogP contribution in [-0.2, 0) is 14.3 Å². The summed E-state index contributed by atoms with van der Waals surface area (Å²) in [7, 11) is 0. The lowest BCUT2D eigenvalue weighted by molar-refractivity contribution is -0.142. The summed E-state index contributed by atoms with van der Waals surface area (Å²) in [6.07, 6.45) is 0.156. The summed E-state index contributed by atoms with van der Waals surface area (Å²) in [6.45, 7) is 3.64. The molecule has 0 unspecified atom stereocenters. The van der Waals surface area contributed by atoms with E-state index in [0.717, 1.165) is 11.1 Å². The summed E-state index contributed by atoms with van der Waals surface area (Å²) in [5, 5.41) is 4.38. The van der Waals surface area contributed by atoms with Gasteiger partial charge >= 0.3 is 5.97 Å². The molecule has 1 heterocycles. The third kappa shape index (κ3) is 6.74. The normalized spacial score (nSPS) is 10.4. The van der Waals surface area contributed by atoms with Crippen molar-refractivity contribution in [1.29, 1.82) is 0 Å². The molecular weight excluding hydrogens is 378 g/mol. The number of ether oxygens (including phenoxy) is 1. The molecule has 0 aliphatic carbocycles. The highest BCUT2D eigenvalue weighted by atomic mass is 32.1. The molecule has 0 bridgehead atoms. The minimum absolute atomic E-state index is 0.0369. The van der Waals surface area contributed by atoms with E-state index in [2.05, 4.69) is 5.32 Å². The van der Waals surface area contributed by atoms with Gasteiger partial charge < -0.3 is 10.1 Å². The summed E-state index contributed by atoms with van der Waals surface area (Å²) in [4.78, 5) is 48.0. The van der Waals surface area contributed by atoms with Crippen LogP contribution in [0, 0.1) is 13.8 Å². The Kier molecular flexibility index (Phi) is 8.07. The van der Waals surface area contributed by atoms with Gasteiger partial charge in [0.05, 0.1) is 11.3 Å². The van der Waals surface area contributed by atoms with Crippen LogP contribution in [0.2, 0.25) is 0 Å². The summed E-state index contributed by atoms with van der Waals surface area (Å²) < 4.78 is 4.96. The Morgan fingerprint density at radius 1 is 0.964 bits per heavy atom. The topological polar surface area (TPSA) is 89.5 Å². The lowest BCUT2D eigenvalue weighted by atomic mass is 10.0. The number of benzene rings is 1. The number of thiophene rings is 1. The summed E-state index contributed by atoms with van der Waals surface area (Å²) in [5.74, 6) is -1.21. The molecule has 2 rings (SSSR count). The van der Waals surface area contributed by atoms with E-state index in [1.165, 1.54) is 11.3 Å².